The van der Waals surface area contributed by atoms with Crippen LogP contribution in [-0.2, 0) is 12.7 Å². The summed E-state index contributed by atoms with van der Waals surface area (Å²) in [5.74, 6) is 0.154. The molecule has 1 fully saturated rings. The molecule has 5 heteroatoms. The molecule has 1 aliphatic rings. The number of nitrogens with one attached hydrogen (secondary N) is 1. The summed E-state index contributed by atoms with van der Waals surface area (Å²) < 4.78 is 38.7. The van der Waals surface area contributed by atoms with E-state index in [-0.39, 0.29) is 30.7 Å². The summed E-state index contributed by atoms with van der Waals surface area (Å²) in [6, 6.07) is 5.75. The topological polar surface area (TPSA) is 32.3 Å². The van der Waals surface area contributed by atoms with Gasteiger partial charge in [-0.15, -0.1) is 0 Å². The van der Waals surface area contributed by atoms with Crippen LogP contribution in [-0.4, -0.2) is 17.8 Å². The van der Waals surface area contributed by atoms with E-state index in [4.69, 9.17) is 0 Å². The summed E-state index contributed by atoms with van der Waals surface area (Å²) in [6.45, 7) is 0.287. The van der Waals surface area contributed by atoms with Crippen molar-refractivity contribution in [2.75, 3.05) is 6.61 Å². The van der Waals surface area contributed by atoms with Crippen molar-refractivity contribution in [2.45, 2.75) is 44.4 Å². The Labute approximate surface area is 117 Å². The van der Waals surface area contributed by atoms with Gasteiger partial charge in [0.1, 0.15) is 0 Å². The molecular weight excluding hydrogens is 267 g/mol. The standard InChI is InChI=1S/C15H20F3NO/c16-15(17,18)13-7-3-1-5-11(13)9-19-14-8-4-2-6-12(14)10-20/h1,3,5,7,12,14,19-20H,2,4,6,8-10H2. The first-order valence-electron chi connectivity index (χ1n) is 7.01. The highest BCUT2D eigenvalue weighted by Gasteiger charge is 2.33. The molecule has 2 atom stereocenters. The fourth-order valence-corrected chi connectivity index (χ4v) is 2.89. The van der Waals surface area contributed by atoms with Gasteiger partial charge in [-0.2, -0.15) is 13.2 Å². The summed E-state index contributed by atoms with van der Waals surface area (Å²) in [5, 5.41) is 12.5. The van der Waals surface area contributed by atoms with E-state index in [2.05, 4.69) is 5.32 Å². The van der Waals surface area contributed by atoms with E-state index in [9.17, 15) is 18.3 Å². The highest BCUT2D eigenvalue weighted by atomic mass is 19.4. The molecule has 2 N–H and O–H groups in total. The molecule has 0 amide bonds. The Balaban J connectivity index is 2.03. The van der Waals surface area contributed by atoms with Gasteiger partial charge in [-0.3, -0.25) is 0 Å². The number of hydrogen-bond acceptors (Lipinski definition) is 2. The van der Waals surface area contributed by atoms with Gasteiger partial charge in [0, 0.05) is 19.2 Å². The Morgan fingerprint density at radius 3 is 2.55 bits per heavy atom. The Kier molecular flexibility index (Phi) is 5.05. The molecule has 0 heterocycles. The second-order valence-corrected chi connectivity index (χ2v) is 5.37. The molecule has 1 saturated carbocycles. The summed E-state index contributed by atoms with van der Waals surface area (Å²) >= 11 is 0. The van der Waals surface area contributed by atoms with Gasteiger partial charge in [0.25, 0.3) is 0 Å². The fraction of sp³-hybridized carbons (Fsp3) is 0.600. The zero-order valence-corrected chi connectivity index (χ0v) is 11.3. The molecule has 1 aromatic rings. The lowest BCUT2D eigenvalue weighted by Crippen LogP contribution is -2.40. The average molecular weight is 287 g/mol. The largest absolute Gasteiger partial charge is 0.416 e. The second kappa shape index (κ2) is 6.59. The normalized spacial score (nSPS) is 23.8. The molecule has 0 aliphatic heterocycles. The van der Waals surface area contributed by atoms with Crippen molar-refractivity contribution in [2.24, 2.45) is 5.92 Å². The van der Waals surface area contributed by atoms with Crippen LogP contribution in [0, 0.1) is 5.92 Å². The molecule has 0 aromatic heterocycles. The lowest BCUT2D eigenvalue weighted by Gasteiger charge is -2.31. The molecule has 0 saturated heterocycles. The Morgan fingerprint density at radius 2 is 1.85 bits per heavy atom. The van der Waals surface area contributed by atoms with Gasteiger partial charge in [-0.25, -0.2) is 0 Å². The van der Waals surface area contributed by atoms with Gasteiger partial charge in [-0.05, 0) is 30.4 Å². The van der Waals surface area contributed by atoms with E-state index < -0.39 is 11.7 Å². The third kappa shape index (κ3) is 3.73. The molecule has 1 aliphatic carbocycles. The van der Waals surface area contributed by atoms with Crippen molar-refractivity contribution in [3.8, 4) is 0 Å². The summed E-state index contributed by atoms with van der Waals surface area (Å²) in [6.07, 6.45) is -0.312. The number of aliphatic hydroxyl groups is 1. The van der Waals surface area contributed by atoms with E-state index in [0.717, 1.165) is 31.7 Å². The van der Waals surface area contributed by atoms with E-state index in [1.54, 1.807) is 6.07 Å². The SMILES string of the molecule is OCC1CCCCC1NCc1ccccc1C(F)(F)F. The molecule has 0 bridgehead atoms. The van der Waals surface area contributed by atoms with Crippen molar-refractivity contribution in [3.63, 3.8) is 0 Å². The van der Waals surface area contributed by atoms with E-state index >= 15 is 0 Å². The lowest BCUT2D eigenvalue weighted by molar-refractivity contribution is -0.138. The quantitative estimate of drug-likeness (QED) is 0.890. The van der Waals surface area contributed by atoms with Crippen molar-refractivity contribution < 1.29 is 18.3 Å². The second-order valence-electron chi connectivity index (χ2n) is 5.37. The van der Waals surface area contributed by atoms with Crippen LogP contribution in [0.25, 0.3) is 0 Å². The number of hydrogen-bond donors (Lipinski definition) is 2. The number of halogens is 3. The molecule has 2 unspecified atom stereocenters. The fourth-order valence-electron chi connectivity index (χ4n) is 2.89. The van der Waals surface area contributed by atoms with Gasteiger partial charge in [0.05, 0.1) is 5.56 Å². The lowest BCUT2D eigenvalue weighted by atomic mass is 9.85. The van der Waals surface area contributed by atoms with E-state index in [1.807, 2.05) is 0 Å². The predicted molar refractivity (Wildman–Crippen MR) is 71.1 cm³/mol. The maximum absolute atomic E-state index is 12.9. The number of rotatable bonds is 4. The maximum atomic E-state index is 12.9. The van der Waals surface area contributed by atoms with Crippen LogP contribution < -0.4 is 5.32 Å². The average Bonchev–Trinajstić information content (AvgIpc) is 2.44. The first-order valence-corrected chi connectivity index (χ1v) is 7.01. The summed E-state index contributed by atoms with van der Waals surface area (Å²) in [7, 11) is 0. The minimum absolute atomic E-state index is 0.0958. The molecule has 20 heavy (non-hydrogen) atoms. The first-order chi connectivity index (χ1) is 9.52. The molecule has 1 aromatic carbocycles. The van der Waals surface area contributed by atoms with E-state index in [1.165, 1.54) is 12.1 Å². The highest BCUT2D eigenvalue weighted by molar-refractivity contribution is 5.29. The predicted octanol–water partition coefficient (Wildman–Crippen LogP) is 3.35. The van der Waals surface area contributed by atoms with Crippen molar-refractivity contribution in [1.29, 1.82) is 0 Å². The van der Waals surface area contributed by atoms with Crippen molar-refractivity contribution in [1.82, 2.24) is 5.32 Å². The Hall–Kier alpha value is -1.07. The Bertz CT molecular complexity index is 433. The van der Waals surface area contributed by atoms with Gasteiger partial charge < -0.3 is 10.4 Å². The van der Waals surface area contributed by atoms with Crippen LogP contribution in [0.5, 0.6) is 0 Å². The molecule has 0 spiro atoms. The van der Waals surface area contributed by atoms with Gasteiger partial charge in [0.15, 0.2) is 0 Å². The van der Waals surface area contributed by atoms with Crippen molar-refractivity contribution >= 4 is 0 Å². The highest BCUT2D eigenvalue weighted by Crippen LogP contribution is 2.32. The van der Waals surface area contributed by atoms with Crippen LogP contribution in [0.4, 0.5) is 13.2 Å². The van der Waals surface area contributed by atoms with Crippen LogP contribution in [0.1, 0.15) is 36.8 Å². The third-order valence-corrected chi connectivity index (χ3v) is 4.02. The van der Waals surface area contributed by atoms with Gasteiger partial charge in [-0.1, -0.05) is 31.0 Å². The van der Waals surface area contributed by atoms with E-state index in [0.29, 0.717) is 0 Å². The van der Waals surface area contributed by atoms with Crippen LogP contribution in [0.2, 0.25) is 0 Å². The molecule has 112 valence electrons. The molecular formula is C15H20F3NO. The minimum Gasteiger partial charge on any atom is -0.396 e. The zero-order chi connectivity index (χ0) is 14.6. The minimum atomic E-state index is -4.32. The molecule has 2 nitrogen and oxygen atoms in total. The summed E-state index contributed by atoms with van der Waals surface area (Å²) in [4.78, 5) is 0. The van der Waals surface area contributed by atoms with Gasteiger partial charge in [0.2, 0.25) is 0 Å². The van der Waals surface area contributed by atoms with Crippen LogP contribution in [0.3, 0.4) is 0 Å². The molecule has 0 radical (unpaired) electrons. The number of alkyl halides is 3. The maximum Gasteiger partial charge on any atom is 0.416 e. The Morgan fingerprint density at radius 1 is 1.15 bits per heavy atom. The third-order valence-electron chi connectivity index (χ3n) is 4.02. The first kappa shape index (κ1) is 15.3. The smallest absolute Gasteiger partial charge is 0.396 e. The summed E-state index contributed by atoms with van der Waals surface area (Å²) in [5.41, 5.74) is -0.314. The number of benzene rings is 1. The monoisotopic (exact) mass is 287 g/mol. The zero-order valence-electron chi connectivity index (χ0n) is 11.3. The van der Waals surface area contributed by atoms with Crippen LogP contribution in [0.15, 0.2) is 24.3 Å². The van der Waals surface area contributed by atoms with Crippen molar-refractivity contribution in [3.05, 3.63) is 35.4 Å². The van der Waals surface area contributed by atoms with Crippen LogP contribution >= 0.6 is 0 Å². The van der Waals surface area contributed by atoms with Gasteiger partial charge >= 0.3 is 6.18 Å². The number of aliphatic hydroxyl groups excluding tert-OH is 1. The molecule has 2 rings (SSSR count).